The molecule has 0 bridgehead atoms. The first-order valence-corrected chi connectivity index (χ1v) is 8.89. The van der Waals surface area contributed by atoms with E-state index in [-0.39, 0.29) is 13.2 Å². The summed E-state index contributed by atoms with van der Waals surface area (Å²) in [5.41, 5.74) is 0.0365. The van der Waals surface area contributed by atoms with Crippen molar-refractivity contribution in [3.8, 4) is 5.75 Å². The molecule has 0 fully saturated rings. The van der Waals surface area contributed by atoms with E-state index in [1.54, 1.807) is 58.3 Å². The Morgan fingerprint density at radius 2 is 1.79 bits per heavy atom. The van der Waals surface area contributed by atoms with E-state index in [2.05, 4.69) is 4.98 Å². The maximum absolute atomic E-state index is 12.6. The highest BCUT2D eigenvalue weighted by Crippen LogP contribution is 2.21. The largest absolute Gasteiger partial charge is 0.497 e. The standard InChI is InChI=1S/C21H26N2O4.CH4/c1-21(2,3)27-20(25)23(19-15-17(26-4)12-13-22-19)14-8-11-18(24)16-9-6-5-7-10-16;/h5-7,9-10,12-13,15H,8,11,14H2,1-4H3;1H4. The van der Waals surface area contributed by atoms with Gasteiger partial charge in [0.1, 0.15) is 17.2 Å². The highest BCUT2D eigenvalue weighted by atomic mass is 16.6. The second-order valence-electron chi connectivity index (χ2n) is 7.08. The molecule has 6 nitrogen and oxygen atoms in total. The van der Waals surface area contributed by atoms with Gasteiger partial charge in [0.2, 0.25) is 0 Å². The zero-order valence-electron chi connectivity index (χ0n) is 16.3. The van der Waals surface area contributed by atoms with Gasteiger partial charge in [-0.1, -0.05) is 37.8 Å². The predicted octanol–water partition coefficient (Wildman–Crippen LogP) is 5.13. The summed E-state index contributed by atoms with van der Waals surface area (Å²) in [4.78, 5) is 30.6. The van der Waals surface area contributed by atoms with Crippen molar-refractivity contribution in [2.24, 2.45) is 0 Å². The first-order chi connectivity index (χ1) is 12.8. The van der Waals surface area contributed by atoms with Crippen LogP contribution in [0.25, 0.3) is 0 Å². The number of amides is 1. The molecule has 2 aromatic rings. The molecule has 1 heterocycles. The number of benzene rings is 1. The molecule has 0 spiro atoms. The highest BCUT2D eigenvalue weighted by Gasteiger charge is 2.24. The zero-order valence-corrected chi connectivity index (χ0v) is 16.3. The summed E-state index contributed by atoms with van der Waals surface area (Å²) in [6.45, 7) is 5.73. The van der Waals surface area contributed by atoms with E-state index in [4.69, 9.17) is 9.47 Å². The lowest BCUT2D eigenvalue weighted by molar-refractivity contribution is 0.0577. The monoisotopic (exact) mass is 386 g/mol. The average molecular weight is 386 g/mol. The quantitative estimate of drug-likeness (QED) is 0.617. The van der Waals surface area contributed by atoms with Crippen LogP contribution in [0.3, 0.4) is 0 Å². The van der Waals surface area contributed by atoms with Gasteiger partial charge in [0.15, 0.2) is 5.78 Å². The number of aromatic nitrogens is 1. The van der Waals surface area contributed by atoms with Crippen LogP contribution in [-0.2, 0) is 4.74 Å². The number of rotatable bonds is 7. The van der Waals surface area contributed by atoms with Gasteiger partial charge >= 0.3 is 6.09 Å². The van der Waals surface area contributed by atoms with Crippen molar-refractivity contribution in [2.45, 2.75) is 46.6 Å². The molecule has 0 radical (unpaired) electrons. The number of hydrogen-bond donors (Lipinski definition) is 0. The van der Waals surface area contributed by atoms with Crippen LogP contribution in [0, 0.1) is 0 Å². The lowest BCUT2D eigenvalue weighted by Gasteiger charge is -2.27. The van der Waals surface area contributed by atoms with Crippen molar-refractivity contribution < 1.29 is 19.1 Å². The fourth-order valence-corrected chi connectivity index (χ4v) is 2.46. The van der Waals surface area contributed by atoms with Gasteiger partial charge in [-0.15, -0.1) is 0 Å². The van der Waals surface area contributed by atoms with Gasteiger partial charge in [0.25, 0.3) is 0 Å². The minimum Gasteiger partial charge on any atom is -0.497 e. The summed E-state index contributed by atoms with van der Waals surface area (Å²) in [7, 11) is 1.55. The molecule has 0 saturated carbocycles. The van der Waals surface area contributed by atoms with E-state index in [0.717, 1.165) is 0 Å². The van der Waals surface area contributed by atoms with Gasteiger partial charge in [-0.2, -0.15) is 0 Å². The third kappa shape index (κ3) is 7.02. The Bertz CT molecular complexity index is 770. The van der Waals surface area contributed by atoms with Crippen LogP contribution in [-0.4, -0.2) is 36.1 Å². The number of pyridine rings is 1. The molecule has 0 unspecified atom stereocenters. The summed E-state index contributed by atoms with van der Waals surface area (Å²) < 4.78 is 10.7. The molecular weight excluding hydrogens is 356 g/mol. The Hall–Kier alpha value is -2.89. The fourth-order valence-electron chi connectivity index (χ4n) is 2.46. The van der Waals surface area contributed by atoms with Gasteiger partial charge in [0.05, 0.1) is 7.11 Å². The topological polar surface area (TPSA) is 68.7 Å². The molecule has 6 heteroatoms. The number of methoxy groups -OCH3 is 1. The van der Waals surface area contributed by atoms with Gasteiger partial charge in [-0.3, -0.25) is 9.69 Å². The summed E-state index contributed by atoms with van der Waals surface area (Å²) in [6, 6.07) is 12.5. The summed E-state index contributed by atoms with van der Waals surface area (Å²) in [5, 5.41) is 0. The van der Waals surface area contributed by atoms with E-state index in [1.807, 2.05) is 18.2 Å². The maximum atomic E-state index is 12.6. The molecule has 2 rings (SSSR count). The van der Waals surface area contributed by atoms with E-state index in [1.165, 1.54) is 4.90 Å². The van der Waals surface area contributed by atoms with E-state index in [0.29, 0.717) is 36.5 Å². The number of anilines is 1. The molecule has 0 aliphatic carbocycles. The minimum absolute atomic E-state index is 0. The van der Waals surface area contributed by atoms with Crippen molar-refractivity contribution in [2.75, 3.05) is 18.6 Å². The summed E-state index contributed by atoms with van der Waals surface area (Å²) in [5.74, 6) is 1.06. The van der Waals surface area contributed by atoms with Crippen LogP contribution in [0.4, 0.5) is 10.6 Å². The molecule has 0 saturated heterocycles. The van der Waals surface area contributed by atoms with Crippen LogP contribution < -0.4 is 9.64 Å². The van der Waals surface area contributed by atoms with Crippen LogP contribution in [0.1, 0.15) is 51.4 Å². The van der Waals surface area contributed by atoms with Crippen molar-refractivity contribution in [3.05, 3.63) is 54.2 Å². The third-order valence-corrected chi connectivity index (χ3v) is 3.72. The number of hydrogen-bond acceptors (Lipinski definition) is 5. The van der Waals surface area contributed by atoms with Crippen molar-refractivity contribution in [1.82, 2.24) is 4.98 Å². The second-order valence-corrected chi connectivity index (χ2v) is 7.08. The number of carbonyl (C=O) groups is 2. The van der Waals surface area contributed by atoms with Crippen LogP contribution in [0.15, 0.2) is 48.7 Å². The Kier molecular flexibility index (Phi) is 8.64. The predicted molar refractivity (Wildman–Crippen MR) is 111 cm³/mol. The molecule has 1 aromatic heterocycles. The molecular formula is C22H30N2O4. The molecule has 0 N–H and O–H groups in total. The Morgan fingerprint density at radius 3 is 2.39 bits per heavy atom. The first-order valence-electron chi connectivity index (χ1n) is 8.89. The van der Waals surface area contributed by atoms with Gasteiger partial charge in [-0.05, 0) is 33.3 Å². The highest BCUT2D eigenvalue weighted by molar-refractivity contribution is 5.96. The molecule has 0 aliphatic heterocycles. The van der Waals surface area contributed by atoms with Crippen LogP contribution in [0.2, 0.25) is 0 Å². The minimum atomic E-state index is -0.631. The molecule has 1 aromatic carbocycles. The Labute approximate surface area is 167 Å². The lowest BCUT2D eigenvalue weighted by atomic mass is 10.1. The number of Topliss-reactive ketones (excluding diaryl/α,β-unsaturated/α-hetero) is 1. The number of carbonyl (C=O) groups excluding carboxylic acids is 2. The zero-order chi connectivity index (χ0) is 19.9. The Morgan fingerprint density at radius 1 is 1.11 bits per heavy atom. The van der Waals surface area contributed by atoms with Gasteiger partial charge < -0.3 is 9.47 Å². The van der Waals surface area contributed by atoms with Crippen LogP contribution in [0.5, 0.6) is 5.75 Å². The lowest BCUT2D eigenvalue weighted by Crippen LogP contribution is -2.38. The first kappa shape index (κ1) is 23.1. The molecule has 152 valence electrons. The second kappa shape index (κ2) is 10.4. The molecule has 28 heavy (non-hydrogen) atoms. The summed E-state index contributed by atoms with van der Waals surface area (Å²) >= 11 is 0. The fraction of sp³-hybridized carbons (Fsp3) is 0.409. The van der Waals surface area contributed by atoms with Crippen molar-refractivity contribution in [3.63, 3.8) is 0 Å². The van der Waals surface area contributed by atoms with Crippen molar-refractivity contribution in [1.29, 1.82) is 0 Å². The van der Waals surface area contributed by atoms with Crippen LogP contribution >= 0.6 is 0 Å². The number of nitrogens with zero attached hydrogens (tertiary/aromatic N) is 2. The Balaban J connectivity index is 0.00000392. The molecule has 0 atom stereocenters. The SMILES string of the molecule is C.COc1ccnc(N(CCCC(=O)c2ccccc2)C(=O)OC(C)(C)C)c1. The normalized spacial score (nSPS) is 10.6. The van der Waals surface area contributed by atoms with E-state index < -0.39 is 11.7 Å². The van der Waals surface area contributed by atoms with Gasteiger partial charge in [-0.25, -0.2) is 9.78 Å². The smallest absolute Gasteiger partial charge is 0.416 e. The number of ether oxygens (including phenoxy) is 2. The maximum Gasteiger partial charge on any atom is 0.416 e. The number of ketones is 1. The van der Waals surface area contributed by atoms with Gasteiger partial charge in [0, 0.05) is 30.8 Å². The average Bonchev–Trinajstić information content (AvgIpc) is 2.64. The summed E-state index contributed by atoms with van der Waals surface area (Å²) in [6.07, 6.45) is 1.88. The van der Waals surface area contributed by atoms with E-state index in [9.17, 15) is 9.59 Å². The van der Waals surface area contributed by atoms with E-state index >= 15 is 0 Å². The molecule has 1 amide bonds. The van der Waals surface area contributed by atoms with Crippen molar-refractivity contribution >= 4 is 17.7 Å². The third-order valence-electron chi connectivity index (χ3n) is 3.72. The molecule has 0 aliphatic rings.